The molecule has 0 atom stereocenters. The summed E-state index contributed by atoms with van der Waals surface area (Å²) in [4.78, 5) is 10.6. The summed E-state index contributed by atoms with van der Waals surface area (Å²) in [5.74, 6) is -0.288. The number of primary amides is 1. The molecule has 4 heteroatoms. The van der Waals surface area contributed by atoms with E-state index in [2.05, 4.69) is 10.2 Å². The fourth-order valence-corrected chi connectivity index (χ4v) is 1.45. The standard InChI is InChI=1S/C10H11N3O/c11-10(14)6-5-9-7-3-1-2-4-8(7)12-13-9/h1-4H,5-6H2,(H2,11,14)(H,12,13). The Bertz CT molecular complexity index is 461. The molecule has 4 nitrogen and oxygen atoms in total. The van der Waals surface area contributed by atoms with Crippen molar-refractivity contribution >= 4 is 16.8 Å². The molecule has 0 fully saturated rings. The van der Waals surface area contributed by atoms with E-state index in [1.807, 2.05) is 24.3 Å². The molecular weight excluding hydrogens is 178 g/mol. The molecule has 1 amide bonds. The Morgan fingerprint density at radius 3 is 3.00 bits per heavy atom. The zero-order valence-electron chi connectivity index (χ0n) is 7.66. The molecule has 14 heavy (non-hydrogen) atoms. The quantitative estimate of drug-likeness (QED) is 0.755. The summed E-state index contributed by atoms with van der Waals surface area (Å²) in [5, 5.41) is 8.09. The predicted molar refractivity (Wildman–Crippen MR) is 53.6 cm³/mol. The van der Waals surface area contributed by atoms with Crippen LogP contribution in [0.25, 0.3) is 10.9 Å². The van der Waals surface area contributed by atoms with E-state index in [-0.39, 0.29) is 5.91 Å². The van der Waals surface area contributed by atoms with Crippen molar-refractivity contribution in [1.82, 2.24) is 10.2 Å². The van der Waals surface area contributed by atoms with E-state index in [9.17, 15) is 4.79 Å². The second-order valence-electron chi connectivity index (χ2n) is 3.19. The number of hydrogen-bond acceptors (Lipinski definition) is 2. The zero-order chi connectivity index (χ0) is 9.97. The van der Waals surface area contributed by atoms with Crippen molar-refractivity contribution in [1.29, 1.82) is 0 Å². The van der Waals surface area contributed by atoms with Crippen LogP contribution < -0.4 is 5.73 Å². The van der Waals surface area contributed by atoms with E-state index < -0.39 is 0 Å². The van der Waals surface area contributed by atoms with Crippen LogP contribution in [0, 0.1) is 0 Å². The summed E-state index contributed by atoms with van der Waals surface area (Å²) in [6.07, 6.45) is 0.974. The third kappa shape index (κ3) is 1.59. The Morgan fingerprint density at radius 1 is 1.43 bits per heavy atom. The lowest BCUT2D eigenvalue weighted by Gasteiger charge is -1.94. The number of nitrogens with zero attached hydrogens (tertiary/aromatic N) is 1. The molecule has 0 spiro atoms. The van der Waals surface area contributed by atoms with Crippen LogP contribution in [0.1, 0.15) is 12.1 Å². The number of carbonyl (C=O) groups excluding carboxylic acids is 1. The van der Waals surface area contributed by atoms with Crippen LogP contribution in [0.2, 0.25) is 0 Å². The van der Waals surface area contributed by atoms with Gasteiger partial charge in [-0.3, -0.25) is 9.89 Å². The van der Waals surface area contributed by atoms with Gasteiger partial charge >= 0.3 is 0 Å². The highest BCUT2D eigenvalue weighted by Gasteiger charge is 2.04. The second kappa shape index (κ2) is 3.49. The minimum atomic E-state index is -0.288. The van der Waals surface area contributed by atoms with E-state index in [4.69, 9.17) is 5.73 Å². The largest absolute Gasteiger partial charge is 0.370 e. The third-order valence-corrected chi connectivity index (χ3v) is 2.16. The number of para-hydroxylation sites is 1. The van der Waals surface area contributed by atoms with Crippen molar-refractivity contribution in [3.8, 4) is 0 Å². The molecule has 2 aromatic rings. The average Bonchev–Trinajstić information content (AvgIpc) is 2.58. The van der Waals surface area contributed by atoms with Gasteiger partial charge in [0.25, 0.3) is 0 Å². The van der Waals surface area contributed by atoms with Crippen molar-refractivity contribution in [3.05, 3.63) is 30.0 Å². The van der Waals surface area contributed by atoms with Crippen LogP contribution in [0.15, 0.2) is 24.3 Å². The lowest BCUT2D eigenvalue weighted by Crippen LogP contribution is -2.11. The first-order chi connectivity index (χ1) is 6.77. The first-order valence-corrected chi connectivity index (χ1v) is 4.47. The fraction of sp³-hybridized carbons (Fsp3) is 0.200. The molecule has 0 aliphatic rings. The Balaban J connectivity index is 2.29. The van der Waals surface area contributed by atoms with Crippen LogP contribution in [0.4, 0.5) is 0 Å². The van der Waals surface area contributed by atoms with E-state index in [1.165, 1.54) is 0 Å². The van der Waals surface area contributed by atoms with Crippen molar-refractivity contribution in [2.45, 2.75) is 12.8 Å². The lowest BCUT2D eigenvalue weighted by atomic mass is 10.1. The van der Waals surface area contributed by atoms with E-state index in [0.29, 0.717) is 12.8 Å². The molecule has 3 N–H and O–H groups in total. The predicted octanol–water partition coefficient (Wildman–Crippen LogP) is 0.981. The van der Waals surface area contributed by atoms with E-state index in [1.54, 1.807) is 0 Å². The number of H-pyrrole nitrogens is 1. The van der Waals surface area contributed by atoms with Gasteiger partial charge in [0, 0.05) is 17.5 Å². The summed E-state index contributed by atoms with van der Waals surface area (Å²) >= 11 is 0. The Kier molecular flexibility index (Phi) is 2.18. The molecule has 1 aromatic heterocycles. The number of nitrogens with two attached hydrogens (primary N) is 1. The fourth-order valence-electron chi connectivity index (χ4n) is 1.45. The van der Waals surface area contributed by atoms with Gasteiger partial charge in [0.05, 0.1) is 5.52 Å². The lowest BCUT2D eigenvalue weighted by molar-refractivity contribution is -0.117. The molecule has 0 saturated carbocycles. The van der Waals surface area contributed by atoms with Gasteiger partial charge in [-0.15, -0.1) is 0 Å². The minimum absolute atomic E-state index is 0.288. The van der Waals surface area contributed by atoms with Crippen molar-refractivity contribution in [3.63, 3.8) is 0 Å². The highest BCUT2D eigenvalue weighted by atomic mass is 16.1. The van der Waals surface area contributed by atoms with Gasteiger partial charge < -0.3 is 5.73 Å². The summed E-state index contributed by atoms with van der Waals surface area (Å²) in [7, 11) is 0. The van der Waals surface area contributed by atoms with Gasteiger partial charge in [0.15, 0.2) is 0 Å². The molecule has 0 aliphatic carbocycles. The maximum Gasteiger partial charge on any atom is 0.217 e. The topological polar surface area (TPSA) is 71.8 Å². The second-order valence-corrected chi connectivity index (χ2v) is 3.19. The molecule has 0 aliphatic heterocycles. The van der Waals surface area contributed by atoms with Crippen LogP contribution in [0.3, 0.4) is 0 Å². The molecule has 0 radical (unpaired) electrons. The zero-order valence-corrected chi connectivity index (χ0v) is 7.66. The number of amides is 1. The van der Waals surface area contributed by atoms with Crippen LogP contribution >= 0.6 is 0 Å². The molecular formula is C10H11N3O. The molecule has 0 saturated heterocycles. The number of aryl methyl sites for hydroxylation is 1. The van der Waals surface area contributed by atoms with Crippen LogP contribution in [0.5, 0.6) is 0 Å². The maximum atomic E-state index is 10.6. The Labute approximate surface area is 81.1 Å². The number of aromatic amines is 1. The van der Waals surface area contributed by atoms with Crippen molar-refractivity contribution < 1.29 is 4.79 Å². The first-order valence-electron chi connectivity index (χ1n) is 4.47. The number of nitrogens with one attached hydrogen (secondary N) is 1. The van der Waals surface area contributed by atoms with Gasteiger partial charge in [0.1, 0.15) is 0 Å². The van der Waals surface area contributed by atoms with Crippen molar-refractivity contribution in [2.75, 3.05) is 0 Å². The highest BCUT2D eigenvalue weighted by Crippen LogP contribution is 2.15. The van der Waals surface area contributed by atoms with E-state index in [0.717, 1.165) is 16.6 Å². The average molecular weight is 189 g/mol. The van der Waals surface area contributed by atoms with Crippen molar-refractivity contribution in [2.24, 2.45) is 5.73 Å². The van der Waals surface area contributed by atoms with Gasteiger partial charge in [-0.2, -0.15) is 5.10 Å². The van der Waals surface area contributed by atoms with Crippen LogP contribution in [-0.2, 0) is 11.2 Å². The number of carbonyl (C=O) groups is 1. The van der Waals surface area contributed by atoms with Gasteiger partial charge in [0.2, 0.25) is 5.91 Å². The molecule has 1 heterocycles. The third-order valence-electron chi connectivity index (χ3n) is 2.16. The Morgan fingerprint density at radius 2 is 2.21 bits per heavy atom. The number of rotatable bonds is 3. The summed E-state index contributed by atoms with van der Waals surface area (Å²) in [5.41, 5.74) is 6.97. The highest BCUT2D eigenvalue weighted by molar-refractivity contribution is 5.82. The maximum absolute atomic E-state index is 10.6. The monoisotopic (exact) mass is 189 g/mol. The molecule has 0 bridgehead atoms. The number of fused-ring (bicyclic) bond motifs is 1. The van der Waals surface area contributed by atoms with Gasteiger partial charge in [-0.25, -0.2) is 0 Å². The molecule has 72 valence electrons. The minimum Gasteiger partial charge on any atom is -0.370 e. The summed E-state index contributed by atoms with van der Waals surface area (Å²) in [6.45, 7) is 0. The Hall–Kier alpha value is -1.84. The number of benzene rings is 1. The van der Waals surface area contributed by atoms with Gasteiger partial charge in [-0.05, 0) is 12.5 Å². The van der Waals surface area contributed by atoms with Crippen LogP contribution in [-0.4, -0.2) is 16.1 Å². The first kappa shape index (κ1) is 8.74. The molecule has 0 unspecified atom stereocenters. The normalized spacial score (nSPS) is 10.6. The van der Waals surface area contributed by atoms with E-state index >= 15 is 0 Å². The smallest absolute Gasteiger partial charge is 0.217 e. The molecule has 1 aromatic carbocycles. The number of aromatic nitrogens is 2. The summed E-state index contributed by atoms with van der Waals surface area (Å²) < 4.78 is 0. The number of hydrogen-bond donors (Lipinski definition) is 2. The molecule has 2 rings (SSSR count). The summed E-state index contributed by atoms with van der Waals surface area (Å²) in [6, 6.07) is 7.79. The van der Waals surface area contributed by atoms with Gasteiger partial charge in [-0.1, -0.05) is 18.2 Å². The SMILES string of the molecule is NC(=O)CCc1[nH]nc2ccccc12.